The average molecular weight is 599 g/mol. The maximum atomic E-state index is 13.5. The third-order valence-electron chi connectivity index (χ3n) is 6.48. The summed E-state index contributed by atoms with van der Waals surface area (Å²) in [5, 5.41) is 4.37. The lowest BCUT2D eigenvalue weighted by atomic mass is 10.1. The van der Waals surface area contributed by atoms with Crippen LogP contribution in [0.1, 0.15) is 16.7 Å². The van der Waals surface area contributed by atoms with Crippen molar-refractivity contribution in [2.75, 3.05) is 43.8 Å². The summed E-state index contributed by atoms with van der Waals surface area (Å²) in [5.74, 6) is -0.211. The van der Waals surface area contributed by atoms with Crippen LogP contribution >= 0.6 is 11.6 Å². The predicted molar refractivity (Wildman–Crippen MR) is 157 cm³/mol. The zero-order valence-electron chi connectivity index (χ0n) is 22.7. The second kappa shape index (κ2) is 13.6. The van der Waals surface area contributed by atoms with Crippen LogP contribution in [-0.2, 0) is 24.3 Å². The van der Waals surface area contributed by atoms with Crippen LogP contribution in [0.25, 0.3) is 0 Å². The number of ether oxygens (including phenoxy) is 2. The number of anilines is 1. The zero-order valence-corrected chi connectivity index (χ0v) is 24.3. The summed E-state index contributed by atoms with van der Waals surface area (Å²) in [6, 6.07) is 17.8. The first-order valence-corrected chi connectivity index (χ1v) is 14.7. The molecule has 0 spiro atoms. The van der Waals surface area contributed by atoms with Gasteiger partial charge in [0, 0.05) is 18.1 Å². The number of nitrogens with zero attached hydrogens (tertiary/aromatic N) is 3. The van der Waals surface area contributed by atoms with Gasteiger partial charge in [0.1, 0.15) is 12.3 Å². The van der Waals surface area contributed by atoms with Gasteiger partial charge in [0.25, 0.3) is 21.8 Å². The molecule has 12 heteroatoms. The molecule has 0 aromatic heterocycles. The van der Waals surface area contributed by atoms with Gasteiger partial charge in [0.15, 0.2) is 6.61 Å². The van der Waals surface area contributed by atoms with Crippen molar-refractivity contribution in [1.29, 1.82) is 0 Å². The van der Waals surface area contributed by atoms with Crippen LogP contribution in [0.5, 0.6) is 5.75 Å². The first-order valence-electron chi connectivity index (χ1n) is 12.9. The van der Waals surface area contributed by atoms with Crippen LogP contribution < -0.4 is 14.5 Å². The number of hydrogen-bond donors (Lipinski definition) is 1. The number of hydrazone groups is 1. The Bertz CT molecular complexity index is 1510. The summed E-state index contributed by atoms with van der Waals surface area (Å²) in [5.41, 5.74) is 5.29. The molecule has 1 N–H and O–H groups in total. The average Bonchev–Trinajstić information content (AvgIpc) is 2.97. The van der Waals surface area contributed by atoms with E-state index in [4.69, 9.17) is 21.1 Å². The van der Waals surface area contributed by atoms with Gasteiger partial charge in [0.05, 0.1) is 30.0 Å². The normalized spacial score (nSPS) is 13.7. The third-order valence-corrected chi connectivity index (χ3v) is 8.52. The van der Waals surface area contributed by atoms with Crippen LogP contribution in [-0.4, -0.2) is 70.8 Å². The first-order chi connectivity index (χ1) is 19.6. The molecular weight excluding hydrogens is 568 g/mol. The topological polar surface area (TPSA) is 118 Å². The number of nitrogens with one attached hydrogen (secondary N) is 1. The minimum atomic E-state index is -4.08. The molecule has 10 nitrogen and oxygen atoms in total. The van der Waals surface area contributed by atoms with Crippen molar-refractivity contribution in [3.63, 3.8) is 0 Å². The Morgan fingerprint density at radius 1 is 1.02 bits per heavy atom. The smallest absolute Gasteiger partial charge is 0.264 e. The SMILES string of the molecule is Cc1ccc(N(CC(=O)N/N=C\c2ccc(OCC(=O)N3CCOCC3)cc2)S(=O)(=O)c2ccc(Cl)cc2)cc1C. The van der Waals surface area contributed by atoms with Gasteiger partial charge >= 0.3 is 0 Å². The van der Waals surface area contributed by atoms with Crippen molar-refractivity contribution in [2.24, 2.45) is 5.10 Å². The molecule has 4 rings (SSSR count). The number of amides is 2. The van der Waals surface area contributed by atoms with E-state index < -0.39 is 22.5 Å². The number of morpholine rings is 1. The van der Waals surface area contributed by atoms with Crippen molar-refractivity contribution in [3.8, 4) is 5.75 Å². The summed E-state index contributed by atoms with van der Waals surface area (Å²) in [4.78, 5) is 26.8. The van der Waals surface area contributed by atoms with Gasteiger partial charge in [-0.1, -0.05) is 17.7 Å². The van der Waals surface area contributed by atoms with Crippen molar-refractivity contribution < 1.29 is 27.5 Å². The second-order valence-corrected chi connectivity index (χ2v) is 11.7. The summed E-state index contributed by atoms with van der Waals surface area (Å²) in [7, 11) is -4.08. The molecule has 1 heterocycles. The van der Waals surface area contributed by atoms with E-state index in [1.807, 2.05) is 13.8 Å². The molecule has 1 fully saturated rings. The highest BCUT2D eigenvalue weighted by molar-refractivity contribution is 7.92. The maximum absolute atomic E-state index is 13.5. The molecule has 3 aromatic rings. The number of carbonyl (C=O) groups excluding carboxylic acids is 2. The summed E-state index contributed by atoms with van der Waals surface area (Å²) in [6.07, 6.45) is 1.43. The van der Waals surface area contributed by atoms with Crippen LogP contribution in [0.2, 0.25) is 5.02 Å². The Kier molecular flexibility index (Phi) is 9.98. The highest BCUT2D eigenvalue weighted by atomic mass is 35.5. The number of hydrogen-bond acceptors (Lipinski definition) is 7. The Hall–Kier alpha value is -3.93. The van der Waals surface area contributed by atoms with E-state index in [1.54, 1.807) is 47.4 Å². The lowest BCUT2D eigenvalue weighted by molar-refractivity contribution is -0.137. The van der Waals surface area contributed by atoms with E-state index in [2.05, 4.69) is 10.5 Å². The molecule has 1 aliphatic rings. The largest absolute Gasteiger partial charge is 0.484 e. The maximum Gasteiger partial charge on any atom is 0.264 e. The van der Waals surface area contributed by atoms with Gasteiger partial charge in [-0.25, -0.2) is 13.8 Å². The van der Waals surface area contributed by atoms with E-state index >= 15 is 0 Å². The van der Waals surface area contributed by atoms with E-state index in [1.165, 1.54) is 30.5 Å². The Morgan fingerprint density at radius 2 is 1.71 bits per heavy atom. The molecule has 216 valence electrons. The van der Waals surface area contributed by atoms with Crippen molar-refractivity contribution in [1.82, 2.24) is 10.3 Å². The molecule has 0 unspecified atom stereocenters. The fourth-order valence-electron chi connectivity index (χ4n) is 3.97. The van der Waals surface area contributed by atoms with Crippen LogP contribution in [0, 0.1) is 13.8 Å². The summed E-state index contributed by atoms with van der Waals surface area (Å²) in [6.45, 7) is 5.39. The van der Waals surface area contributed by atoms with Gasteiger partial charge in [-0.15, -0.1) is 0 Å². The highest BCUT2D eigenvalue weighted by Gasteiger charge is 2.27. The van der Waals surface area contributed by atoms with E-state index in [9.17, 15) is 18.0 Å². The van der Waals surface area contributed by atoms with E-state index in [0.717, 1.165) is 15.4 Å². The Balaban J connectivity index is 1.38. The van der Waals surface area contributed by atoms with Crippen molar-refractivity contribution in [2.45, 2.75) is 18.7 Å². The molecule has 0 aliphatic carbocycles. The minimum Gasteiger partial charge on any atom is -0.484 e. The molecule has 1 saturated heterocycles. The van der Waals surface area contributed by atoms with Crippen LogP contribution in [0.3, 0.4) is 0 Å². The predicted octanol–water partition coefficient (Wildman–Crippen LogP) is 3.54. The highest BCUT2D eigenvalue weighted by Crippen LogP contribution is 2.26. The molecule has 3 aromatic carbocycles. The Labute approximate surface area is 244 Å². The monoisotopic (exact) mass is 598 g/mol. The van der Waals surface area contributed by atoms with Crippen molar-refractivity contribution in [3.05, 3.63) is 88.4 Å². The number of aryl methyl sites for hydroxylation is 2. The second-order valence-electron chi connectivity index (χ2n) is 9.38. The van der Waals surface area contributed by atoms with E-state index in [-0.39, 0.29) is 17.4 Å². The molecular formula is C29H31ClN4O6S. The lowest BCUT2D eigenvalue weighted by Crippen LogP contribution is -2.42. The number of rotatable bonds is 10. The van der Waals surface area contributed by atoms with Gasteiger partial charge in [-0.05, 0) is 91.2 Å². The van der Waals surface area contributed by atoms with E-state index in [0.29, 0.717) is 48.3 Å². The van der Waals surface area contributed by atoms with Gasteiger partial charge in [-0.3, -0.25) is 13.9 Å². The van der Waals surface area contributed by atoms with Gasteiger partial charge in [0.2, 0.25) is 0 Å². The molecule has 2 amide bonds. The number of carbonyl (C=O) groups is 2. The quantitative estimate of drug-likeness (QED) is 0.282. The number of halogens is 1. The van der Waals surface area contributed by atoms with Crippen molar-refractivity contribution >= 4 is 45.3 Å². The lowest BCUT2D eigenvalue weighted by Gasteiger charge is -2.26. The summed E-state index contributed by atoms with van der Waals surface area (Å²) >= 11 is 5.94. The Morgan fingerprint density at radius 3 is 2.37 bits per heavy atom. The van der Waals surface area contributed by atoms with Crippen LogP contribution in [0.15, 0.2) is 76.7 Å². The zero-order chi connectivity index (χ0) is 29.4. The fraction of sp³-hybridized carbons (Fsp3) is 0.276. The number of sulfonamides is 1. The van der Waals surface area contributed by atoms with Gasteiger partial charge < -0.3 is 14.4 Å². The fourth-order valence-corrected chi connectivity index (χ4v) is 5.51. The first kappa shape index (κ1) is 30.0. The number of benzene rings is 3. The molecule has 0 atom stereocenters. The molecule has 0 saturated carbocycles. The molecule has 0 radical (unpaired) electrons. The molecule has 1 aliphatic heterocycles. The standard InChI is InChI=1S/C29H31ClN4O6S/c1-21-3-8-25(17-22(21)2)34(41(37,38)27-11-6-24(30)7-12-27)19-28(35)32-31-18-23-4-9-26(10-5-23)40-20-29(36)33-13-15-39-16-14-33/h3-12,17-18H,13-16,19-20H2,1-2H3,(H,32,35)/b31-18-. The third kappa shape index (κ3) is 8.06. The molecule has 0 bridgehead atoms. The molecule has 41 heavy (non-hydrogen) atoms. The van der Waals surface area contributed by atoms with Crippen LogP contribution in [0.4, 0.5) is 5.69 Å². The summed E-state index contributed by atoms with van der Waals surface area (Å²) < 4.78 is 38.9. The van der Waals surface area contributed by atoms with Gasteiger partial charge in [-0.2, -0.15) is 5.10 Å². The minimum absolute atomic E-state index is 0.00498.